The van der Waals surface area contributed by atoms with Crippen LogP contribution in [0.1, 0.15) is 32.2 Å². The normalized spacial score (nSPS) is 10.8. The van der Waals surface area contributed by atoms with Gasteiger partial charge in [-0.25, -0.2) is 4.98 Å². The van der Waals surface area contributed by atoms with Crippen LogP contribution in [0.2, 0.25) is 0 Å². The molecule has 0 unspecified atom stereocenters. The number of aryl methyl sites for hydroxylation is 3. The van der Waals surface area contributed by atoms with Crippen molar-refractivity contribution in [1.29, 1.82) is 0 Å². The highest BCUT2D eigenvalue weighted by Crippen LogP contribution is 2.29. The van der Waals surface area contributed by atoms with Crippen molar-refractivity contribution in [3.8, 4) is 10.7 Å². The largest absolute Gasteiger partial charge is 0.347 e. The van der Waals surface area contributed by atoms with Crippen LogP contribution < -0.4 is 5.32 Å². The number of benzene rings is 1. The zero-order valence-electron chi connectivity index (χ0n) is 16.1. The number of nitrogens with one attached hydrogen (secondary N) is 2. The number of thiazole rings is 1. The Labute approximate surface area is 173 Å². The lowest BCUT2D eigenvalue weighted by Gasteiger charge is -2.03. The number of carbonyl (C=O) groups is 1. The van der Waals surface area contributed by atoms with Crippen molar-refractivity contribution in [1.82, 2.24) is 25.5 Å². The molecule has 4 aromatic rings. The zero-order valence-corrected chi connectivity index (χ0v) is 16.9. The first kappa shape index (κ1) is 19.0. The van der Waals surface area contributed by atoms with Gasteiger partial charge in [-0.2, -0.15) is 5.10 Å². The highest BCUT2D eigenvalue weighted by Gasteiger charge is 2.19. The van der Waals surface area contributed by atoms with Crippen molar-refractivity contribution in [2.45, 2.75) is 26.3 Å². The van der Waals surface area contributed by atoms with Crippen LogP contribution >= 0.6 is 11.3 Å². The molecule has 2 N–H and O–H groups in total. The molecule has 0 aliphatic rings. The van der Waals surface area contributed by atoms with E-state index in [1.54, 1.807) is 6.20 Å². The molecule has 3 aromatic heterocycles. The summed E-state index contributed by atoms with van der Waals surface area (Å²) in [6.07, 6.45) is 5.25. The number of H-pyrrole nitrogens is 1. The summed E-state index contributed by atoms with van der Waals surface area (Å²) in [5.74, 6) is -0.107. The van der Waals surface area contributed by atoms with Gasteiger partial charge in [0.1, 0.15) is 9.88 Å². The second-order valence-electron chi connectivity index (χ2n) is 6.69. The first-order valence-corrected chi connectivity index (χ1v) is 10.2. The molecule has 0 aliphatic heterocycles. The molecule has 6 nitrogen and oxygen atoms in total. The van der Waals surface area contributed by atoms with Gasteiger partial charge in [0.15, 0.2) is 0 Å². The summed E-state index contributed by atoms with van der Waals surface area (Å²) < 4.78 is 0. The minimum atomic E-state index is -0.107. The third kappa shape index (κ3) is 4.57. The quantitative estimate of drug-likeness (QED) is 0.489. The Morgan fingerprint density at radius 2 is 1.93 bits per heavy atom. The molecule has 4 rings (SSSR count). The molecule has 0 fully saturated rings. The monoisotopic (exact) mass is 403 g/mol. The number of rotatable bonds is 7. The fourth-order valence-corrected chi connectivity index (χ4v) is 4.08. The Morgan fingerprint density at radius 1 is 1.10 bits per heavy atom. The summed E-state index contributed by atoms with van der Waals surface area (Å²) in [4.78, 5) is 22.3. The Kier molecular flexibility index (Phi) is 5.76. The van der Waals surface area contributed by atoms with Gasteiger partial charge >= 0.3 is 0 Å². The van der Waals surface area contributed by atoms with Crippen molar-refractivity contribution in [2.75, 3.05) is 0 Å². The van der Waals surface area contributed by atoms with E-state index in [9.17, 15) is 4.79 Å². The molecule has 0 spiro atoms. The number of amides is 1. The van der Waals surface area contributed by atoms with E-state index in [0.717, 1.165) is 46.1 Å². The average Bonchev–Trinajstić information content (AvgIpc) is 3.38. The number of aromatic amines is 1. The minimum absolute atomic E-state index is 0.107. The van der Waals surface area contributed by atoms with Crippen LogP contribution in [0.25, 0.3) is 10.7 Å². The molecule has 3 heterocycles. The van der Waals surface area contributed by atoms with Gasteiger partial charge in [-0.1, -0.05) is 36.4 Å². The first-order valence-electron chi connectivity index (χ1n) is 9.43. The summed E-state index contributed by atoms with van der Waals surface area (Å²) >= 11 is 1.39. The van der Waals surface area contributed by atoms with Crippen LogP contribution in [0.4, 0.5) is 0 Å². The highest BCUT2D eigenvalue weighted by molar-refractivity contribution is 7.17. The molecule has 29 heavy (non-hydrogen) atoms. The number of aromatic nitrogens is 4. The van der Waals surface area contributed by atoms with Crippen molar-refractivity contribution >= 4 is 17.2 Å². The predicted octanol–water partition coefficient (Wildman–Crippen LogP) is 3.95. The van der Waals surface area contributed by atoms with E-state index in [4.69, 9.17) is 0 Å². The van der Waals surface area contributed by atoms with Crippen LogP contribution in [-0.4, -0.2) is 26.1 Å². The van der Waals surface area contributed by atoms with E-state index >= 15 is 0 Å². The molecular formula is C22H21N5OS. The smallest absolute Gasteiger partial charge is 0.263 e. The lowest BCUT2D eigenvalue weighted by atomic mass is 10.1. The molecule has 146 valence electrons. The third-order valence-electron chi connectivity index (χ3n) is 4.61. The maximum Gasteiger partial charge on any atom is 0.263 e. The van der Waals surface area contributed by atoms with E-state index in [0.29, 0.717) is 11.4 Å². The number of pyridine rings is 1. The molecule has 0 bridgehead atoms. The van der Waals surface area contributed by atoms with Gasteiger partial charge in [-0.05, 0) is 37.5 Å². The summed E-state index contributed by atoms with van der Waals surface area (Å²) in [5, 5.41) is 11.0. The molecule has 0 saturated carbocycles. The van der Waals surface area contributed by atoms with Crippen LogP contribution in [0.3, 0.4) is 0 Å². The SMILES string of the molecule is Cc1nc(-c2[nH]ncc2CCc2ccccn2)sc1C(=O)NCc1ccccc1. The molecular weight excluding hydrogens is 382 g/mol. The minimum Gasteiger partial charge on any atom is -0.347 e. The lowest BCUT2D eigenvalue weighted by Crippen LogP contribution is -2.22. The Morgan fingerprint density at radius 3 is 2.72 bits per heavy atom. The van der Waals surface area contributed by atoms with Gasteiger partial charge in [0.2, 0.25) is 0 Å². The molecule has 1 amide bonds. The van der Waals surface area contributed by atoms with E-state index < -0.39 is 0 Å². The van der Waals surface area contributed by atoms with Gasteiger partial charge < -0.3 is 5.32 Å². The maximum atomic E-state index is 12.6. The van der Waals surface area contributed by atoms with Crippen LogP contribution in [0.15, 0.2) is 60.9 Å². The zero-order chi connectivity index (χ0) is 20.1. The van der Waals surface area contributed by atoms with Crippen LogP contribution in [0, 0.1) is 6.92 Å². The Hall–Kier alpha value is -3.32. The van der Waals surface area contributed by atoms with E-state index in [-0.39, 0.29) is 5.91 Å². The summed E-state index contributed by atoms with van der Waals surface area (Å²) in [5.41, 5.74) is 4.77. The van der Waals surface area contributed by atoms with Gasteiger partial charge in [0, 0.05) is 24.0 Å². The molecule has 0 aliphatic carbocycles. The topological polar surface area (TPSA) is 83.6 Å². The van der Waals surface area contributed by atoms with Crippen molar-refractivity contribution in [3.63, 3.8) is 0 Å². The Bertz CT molecular complexity index is 1090. The van der Waals surface area contributed by atoms with Crippen molar-refractivity contribution in [3.05, 3.63) is 88.3 Å². The van der Waals surface area contributed by atoms with Gasteiger partial charge in [-0.3, -0.25) is 14.9 Å². The number of carbonyl (C=O) groups excluding carboxylic acids is 1. The van der Waals surface area contributed by atoms with Gasteiger partial charge in [-0.15, -0.1) is 11.3 Å². The maximum absolute atomic E-state index is 12.6. The standard InChI is InChI=1S/C22H21N5OS/c1-15-20(21(28)24-13-16-7-3-2-4-8-16)29-22(26-15)19-17(14-25-27-19)10-11-18-9-5-6-12-23-18/h2-9,12,14H,10-11,13H2,1H3,(H,24,28)(H,25,27). The lowest BCUT2D eigenvalue weighted by molar-refractivity contribution is 0.0954. The molecule has 7 heteroatoms. The molecule has 1 aromatic carbocycles. The van der Waals surface area contributed by atoms with E-state index in [1.165, 1.54) is 11.3 Å². The second-order valence-corrected chi connectivity index (χ2v) is 7.69. The average molecular weight is 404 g/mol. The van der Waals surface area contributed by atoms with Crippen LogP contribution in [0.5, 0.6) is 0 Å². The van der Waals surface area contributed by atoms with Crippen molar-refractivity contribution in [2.24, 2.45) is 0 Å². The van der Waals surface area contributed by atoms with Crippen molar-refractivity contribution < 1.29 is 4.79 Å². The highest BCUT2D eigenvalue weighted by atomic mass is 32.1. The number of nitrogens with zero attached hydrogens (tertiary/aromatic N) is 3. The number of hydrogen-bond donors (Lipinski definition) is 2. The summed E-state index contributed by atoms with van der Waals surface area (Å²) in [7, 11) is 0. The van der Waals surface area contributed by atoms with Crippen LogP contribution in [-0.2, 0) is 19.4 Å². The Balaban J connectivity index is 1.46. The van der Waals surface area contributed by atoms with E-state index in [2.05, 4.69) is 25.5 Å². The molecule has 0 saturated heterocycles. The predicted molar refractivity (Wildman–Crippen MR) is 114 cm³/mol. The summed E-state index contributed by atoms with van der Waals surface area (Å²) in [6, 6.07) is 15.8. The summed E-state index contributed by atoms with van der Waals surface area (Å²) in [6.45, 7) is 2.35. The van der Waals surface area contributed by atoms with E-state index in [1.807, 2.05) is 61.7 Å². The third-order valence-corrected chi connectivity index (χ3v) is 5.78. The van der Waals surface area contributed by atoms with Gasteiger partial charge in [0.25, 0.3) is 5.91 Å². The number of hydrogen-bond acceptors (Lipinski definition) is 5. The fourth-order valence-electron chi connectivity index (χ4n) is 3.07. The fraction of sp³-hybridized carbons (Fsp3) is 0.182. The molecule has 0 atom stereocenters. The van der Waals surface area contributed by atoms with Gasteiger partial charge in [0.05, 0.1) is 17.6 Å². The molecule has 0 radical (unpaired) electrons. The second kappa shape index (κ2) is 8.79. The first-order chi connectivity index (χ1) is 14.2.